The van der Waals surface area contributed by atoms with Gasteiger partial charge in [0.05, 0.1) is 18.3 Å². The summed E-state index contributed by atoms with van der Waals surface area (Å²) >= 11 is 0. The molecule has 1 aromatic carbocycles. The van der Waals surface area contributed by atoms with Gasteiger partial charge in [0, 0.05) is 35.0 Å². The molecule has 0 bridgehead atoms. The van der Waals surface area contributed by atoms with Crippen LogP contribution in [0.4, 0.5) is 4.39 Å². The molecule has 1 aliphatic carbocycles. The van der Waals surface area contributed by atoms with Crippen LogP contribution in [0.25, 0.3) is 11.0 Å². The third-order valence-electron chi connectivity index (χ3n) is 7.13. The largest absolute Gasteiger partial charge is 0.494 e. The van der Waals surface area contributed by atoms with E-state index in [1.54, 1.807) is 6.07 Å². The minimum Gasteiger partial charge on any atom is -0.494 e. The lowest BCUT2D eigenvalue weighted by Gasteiger charge is -2.31. The van der Waals surface area contributed by atoms with Crippen molar-refractivity contribution in [1.29, 1.82) is 0 Å². The molecule has 1 saturated heterocycles. The molecule has 3 aromatic rings. The van der Waals surface area contributed by atoms with Gasteiger partial charge in [-0.05, 0) is 70.2 Å². The Kier molecular flexibility index (Phi) is 5.82. The van der Waals surface area contributed by atoms with Gasteiger partial charge in [0.15, 0.2) is 17.3 Å². The number of nitrogens with zero attached hydrogens (tertiary/aromatic N) is 3. The molecular weight excluding hydrogens is 413 g/mol. The van der Waals surface area contributed by atoms with Gasteiger partial charge in [0.25, 0.3) is 0 Å². The molecule has 0 saturated carbocycles. The van der Waals surface area contributed by atoms with Gasteiger partial charge in [-0.3, -0.25) is 4.57 Å². The molecule has 172 valence electrons. The maximum atomic E-state index is 13.4. The number of fused-ring (bicyclic) bond motifs is 2. The van der Waals surface area contributed by atoms with Crippen LogP contribution in [-0.4, -0.2) is 55.7 Å². The number of aromatic hydroxyl groups is 2. The number of halogens is 1. The van der Waals surface area contributed by atoms with Crippen LogP contribution in [0.3, 0.4) is 0 Å². The van der Waals surface area contributed by atoms with Crippen molar-refractivity contribution in [2.24, 2.45) is 0 Å². The van der Waals surface area contributed by atoms with Crippen molar-refractivity contribution in [2.45, 2.75) is 63.5 Å². The molecule has 5 rings (SSSR count). The summed E-state index contributed by atoms with van der Waals surface area (Å²) in [4.78, 5) is 2.32. The van der Waals surface area contributed by atoms with E-state index in [2.05, 4.69) is 10.1 Å². The fraction of sp³-hybridized carbons (Fsp3) is 0.542. The van der Waals surface area contributed by atoms with E-state index < -0.39 is 6.10 Å². The number of aliphatic hydroxyl groups excluding tert-OH is 1. The van der Waals surface area contributed by atoms with Gasteiger partial charge in [-0.15, -0.1) is 0 Å². The van der Waals surface area contributed by atoms with Crippen molar-refractivity contribution in [1.82, 2.24) is 14.6 Å². The van der Waals surface area contributed by atoms with Gasteiger partial charge < -0.3 is 24.7 Å². The predicted molar refractivity (Wildman–Crippen MR) is 117 cm³/mol. The molecule has 0 amide bonds. The van der Waals surface area contributed by atoms with E-state index in [1.807, 2.05) is 0 Å². The standard InChI is InChI=1S/C24H30FN3O4/c25-16-5-6-20-21(13-16)32-26-22(20)15-7-10-27(11-8-15)12-9-17(29)14-28-23(30)18-3-1-2-4-19(18)24(28)31/h5-6,13,15,17,29-31H,1-4,7-12,14H2. The number of likely N-dealkylation sites (tertiary alicyclic amines) is 1. The summed E-state index contributed by atoms with van der Waals surface area (Å²) in [5.74, 6) is 0.173. The Morgan fingerprint density at radius 2 is 1.78 bits per heavy atom. The molecule has 0 radical (unpaired) electrons. The van der Waals surface area contributed by atoms with Crippen molar-refractivity contribution in [3.05, 3.63) is 40.8 Å². The van der Waals surface area contributed by atoms with Gasteiger partial charge in [0.2, 0.25) is 0 Å². The molecule has 1 aliphatic heterocycles. The molecule has 3 heterocycles. The van der Waals surface area contributed by atoms with Crippen LogP contribution in [0, 0.1) is 5.82 Å². The van der Waals surface area contributed by atoms with Gasteiger partial charge in [-0.2, -0.15) is 0 Å². The smallest absolute Gasteiger partial charge is 0.197 e. The van der Waals surface area contributed by atoms with Crippen LogP contribution in [0.15, 0.2) is 22.7 Å². The van der Waals surface area contributed by atoms with Gasteiger partial charge in [0.1, 0.15) is 5.82 Å². The molecule has 2 aliphatic rings. The number of rotatable bonds is 6. The van der Waals surface area contributed by atoms with Gasteiger partial charge in [-0.25, -0.2) is 4.39 Å². The van der Waals surface area contributed by atoms with Crippen molar-refractivity contribution in [3.63, 3.8) is 0 Å². The fourth-order valence-electron chi connectivity index (χ4n) is 5.29. The van der Waals surface area contributed by atoms with Crippen LogP contribution in [0.5, 0.6) is 11.8 Å². The molecule has 0 spiro atoms. The molecule has 8 heteroatoms. The Morgan fingerprint density at radius 1 is 1.09 bits per heavy atom. The third-order valence-corrected chi connectivity index (χ3v) is 7.13. The highest BCUT2D eigenvalue weighted by molar-refractivity contribution is 5.79. The SMILES string of the molecule is Oc1c2c(c(O)n1CC(O)CCN1CCC(c3noc4cc(F)ccc34)CC1)CCCC2. The minimum atomic E-state index is -0.646. The Labute approximate surface area is 186 Å². The lowest BCUT2D eigenvalue weighted by atomic mass is 9.91. The lowest BCUT2D eigenvalue weighted by molar-refractivity contribution is 0.110. The normalized spacial score (nSPS) is 18.8. The highest BCUT2D eigenvalue weighted by Gasteiger charge is 2.27. The first-order chi connectivity index (χ1) is 15.5. The van der Waals surface area contributed by atoms with Crippen molar-refractivity contribution < 1.29 is 24.2 Å². The average molecular weight is 444 g/mol. The van der Waals surface area contributed by atoms with Crippen LogP contribution in [-0.2, 0) is 19.4 Å². The van der Waals surface area contributed by atoms with Crippen LogP contribution in [0.1, 0.15) is 54.8 Å². The monoisotopic (exact) mass is 443 g/mol. The third kappa shape index (κ3) is 3.97. The zero-order chi connectivity index (χ0) is 22.2. The van der Waals surface area contributed by atoms with E-state index >= 15 is 0 Å². The van der Waals surface area contributed by atoms with Crippen LogP contribution in [0.2, 0.25) is 0 Å². The Bertz CT molecular complexity index is 1070. The summed E-state index contributed by atoms with van der Waals surface area (Å²) in [5.41, 5.74) is 3.07. The minimum absolute atomic E-state index is 0.108. The molecule has 32 heavy (non-hydrogen) atoms. The second-order valence-corrected chi connectivity index (χ2v) is 9.19. The molecule has 3 N–H and O–H groups in total. The molecule has 1 atom stereocenters. The van der Waals surface area contributed by atoms with Crippen molar-refractivity contribution >= 4 is 11.0 Å². The van der Waals surface area contributed by atoms with E-state index in [9.17, 15) is 19.7 Å². The van der Waals surface area contributed by atoms with Crippen LogP contribution < -0.4 is 0 Å². The molecule has 2 aromatic heterocycles. The average Bonchev–Trinajstić information content (AvgIpc) is 3.33. The topological polar surface area (TPSA) is 94.9 Å². The first-order valence-electron chi connectivity index (χ1n) is 11.6. The molecular formula is C24H30FN3O4. The summed E-state index contributed by atoms with van der Waals surface area (Å²) in [6.07, 6.45) is 5.38. The second kappa shape index (κ2) is 8.75. The second-order valence-electron chi connectivity index (χ2n) is 9.19. The summed E-state index contributed by atoms with van der Waals surface area (Å²) in [6, 6.07) is 4.55. The molecule has 7 nitrogen and oxygen atoms in total. The van der Waals surface area contributed by atoms with Gasteiger partial charge >= 0.3 is 0 Å². The zero-order valence-corrected chi connectivity index (χ0v) is 18.1. The molecule has 1 unspecified atom stereocenters. The Hall–Kier alpha value is -2.58. The predicted octanol–water partition coefficient (Wildman–Crippen LogP) is 3.69. The van der Waals surface area contributed by atoms with Crippen LogP contribution >= 0.6 is 0 Å². The van der Waals surface area contributed by atoms with Crippen molar-refractivity contribution in [2.75, 3.05) is 19.6 Å². The van der Waals surface area contributed by atoms with Crippen molar-refractivity contribution in [3.8, 4) is 11.8 Å². The number of benzene rings is 1. The summed E-state index contributed by atoms with van der Waals surface area (Å²) in [7, 11) is 0. The number of hydrogen-bond acceptors (Lipinski definition) is 6. The first kappa shape index (κ1) is 21.3. The van der Waals surface area contributed by atoms with E-state index in [-0.39, 0.29) is 30.0 Å². The highest BCUT2D eigenvalue weighted by Crippen LogP contribution is 2.39. The maximum Gasteiger partial charge on any atom is 0.197 e. The fourth-order valence-corrected chi connectivity index (χ4v) is 5.29. The zero-order valence-electron chi connectivity index (χ0n) is 18.1. The highest BCUT2D eigenvalue weighted by atomic mass is 19.1. The quantitative estimate of drug-likeness (QED) is 0.538. The summed E-state index contributed by atoms with van der Waals surface area (Å²) < 4.78 is 20.2. The first-order valence-corrected chi connectivity index (χ1v) is 11.6. The number of hydrogen-bond donors (Lipinski definition) is 3. The Morgan fingerprint density at radius 3 is 2.47 bits per heavy atom. The number of piperidine rings is 1. The van der Waals surface area contributed by atoms with E-state index in [1.165, 1.54) is 16.7 Å². The van der Waals surface area contributed by atoms with Gasteiger partial charge in [-0.1, -0.05) is 5.16 Å². The van der Waals surface area contributed by atoms with E-state index in [0.717, 1.165) is 80.4 Å². The molecule has 1 fully saturated rings. The lowest BCUT2D eigenvalue weighted by Crippen LogP contribution is -2.35. The number of aliphatic hydroxyl groups is 1. The van der Waals surface area contributed by atoms with E-state index in [0.29, 0.717) is 12.0 Å². The Balaban J connectivity index is 1.14. The summed E-state index contributed by atoms with van der Waals surface area (Å²) in [5, 5.41) is 36.6. The summed E-state index contributed by atoms with van der Waals surface area (Å²) in [6.45, 7) is 2.73. The maximum absolute atomic E-state index is 13.4. The number of aromatic nitrogens is 2. The van der Waals surface area contributed by atoms with E-state index in [4.69, 9.17) is 4.52 Å².